The molecule has 1 amide bonds. The van der Waals surface area contributed by atoms with E-state index in [0.29, 0.717) is 41.7 Å². The maximum absolute atomic E-state index is 12.6. The fourth-order valence-electron chi connectivity index (χ4n) is 2.22. The van der Waals surface area contributed by atoms with Crippen LogP contribution in [0.4, 0.5) is 18.9 Å². The van der Waals surface area contributed by atoms with Gasteiger partial charge in [-0.2, -0.15) is 13.2 Å². The zero-order valence-electron chi connectivity index (χ0n) is 15.6. The minimum absolute atomic E-state index is 0.134. The van der Waals surface area contributed by atoms with E-state index in [1.54, 1.807) is 24.3 Å². The summed E-state index contributed by atoms with van der Waals surface area (Å²) in [4.78, 5) is 19.8. The zero-order chi connectivity index (χ0) is 21.3. The lowest BCUT2D eigenvalue weighted by Gasteiger charge is -2.11. The van der Waals surface area contributed by atoms with Gasteiger partial charge in [0.2, 0.25) is 5.91 Å². The van der Waals surface area contributed by atoms with Crippen LogP contribution in [0.15, 0.2) is 34.6 Å². The molecule has 0 saturated heterocycles. The standard InChI is InChI=1S/C19H20F3N5OS/c1-3-13-6-5-7-14(10-13)26-16(28)11-25-18(23-4-2)24-9-8-17-27-15(12-29-17)19(20,21)22/h1,5-7,10,12H,4,8-9,11H2,2H3,(H,26,28)(H2,23,24,25). The van der Waals surface area contributed by atoms with Crippen LogP contribution in [0.5, 0.6) is 0 Å². The Morgan fingerprint density at radius 2 is 2.14 bits per heavy atom. The van der Waals surface area contributed by atoms with Crippen molar-refractivity contribution < 1.29 is 18.0 Å². The molecule has 0 aliphatic rings. The Morgan fingerprint density at radius 3 is 2.79 bits per heavy atom. The molecule has 0 atom stereocenters. The third kappa shape index (κ3) is 7.46. The highest BCUT2D eigenvalue weighted by Crippen LogP contribution is 2.29. The molecule has 2 rings (SSSR count). The average Bonchev–Trinajstić information content (AvgIpc) is 3.15. The quantitative estimate of drug-likeness (QED) is 0.364. The van der Waals surface area contributed by atoms with Gasteiger partial charge in [-0.3, -0.25) is 4.79 Å². The van der Waals surface area contributed by atoms with E-state index in [-0.39, 0.29) is 12.5 Å². The van der Waals surface area contributed by atoms with Crippen molar-refractivity contribution in [1.29, 1.82) is 0 Å². The summed E-state index contributed by atoms with van der Waals surface area (Å²) in [6.45, 7) is 2.61. The summed E-state index contributed by atoms with van der Waals surface area (Å²) < 4.78 is 37.7. The number of aromatic nitrogens is 1. The molecular weight excluding hydrogens is 403 g/mol. The molecule has 3 N–H and O–H groups in total. The number of terminal acetylenes is 1. The summed E-state index contributed by atoms with van der Waals surface area (Å²) in [7, 11) is 0. The fraction of sp³-hybridized carbons (Fsp3) is 0.316. The number of nitrogens with one attached hydrogen (secondary N) is 3. The second-order valence-corrected chi connectivity index (χ2v) is 6.71. The molecule has 0 aliphatic heterocycles. The molecule has 1 aromatic carbocycles. The van der Waals surface area contributed by atoms with Crippen LogP contribution in [0.2, 0.25) is 0 Å². The number of alkyl halides is 3. The smallest absolute Gasteiger partial charge is 0.357 e. The van der Waals surface area contributed by atoms with Crippen LogP contribution in [0.3, 0.4) is 0 Å². The van der Waals surface area contributed by atoms with Gasteiger partial charge >= 0.3 is 6.18 Å². The highest BCUT2D eigenvalue weighted by Gasteiger charge is 2.33. The lowest BCUT2D eigenvalue weighted by Crippen LogP contribution is -2.39. The number of hydrogen-bond acceptors (Lipinski definition) is 4. The van der Waals surface area contributed by atoms with E-state index in [9.17, 15) is 18.0 Å². The maximum Gasteiger partial charge on any atom is 0.434 e. The van der Waals surface area contributed by atoms with Gasteiger partial charge in [-0.25, -0.2) is 9.98 Å². The molecule has 0 unspecified atom stereocenters. The minimum Gasteiger partial charge on any atom is -0.357 e. The molecule has 0 saturated carbocycles. The number of anilines is 1. The summed E-state index contributed by atoms with van der Waals surface area (Å²) in [6, 6.07) is 6.88. The molecule has 1 heterocycles. The molecule has 10 heteroatoms. The lowest BCUT2D eigenvalue weighted by atomic mass is 10.2. The van der Waals surface area contributed by atoms with E-state index >= 15 is 0 Å². The highest BCUT2D eigenvalue weighted by molar-refractivity contribution is 7.09. The van der Waals surface area contributed by atoms with Crippen molar-refractivity contribution in [2.45, 2.75) is 19.5 Å². The second kappa shape index (κ2) is 10.5. The van der Waals surface area contributed by atoms with Crippen molar-refractivity contribution in [3.05, 3.63) is 45.9 Å². The van der Waals surface area contributed by atoms with Crippen LogP contribution in [0, 0.1) is 12.3 Å². The van der Waals surface area contributed by atoms with Gasteiger partial charge in [-0.15, -0.1) is 17.8 Å². The summed E-state index contributed by atoms with van der Waals surface area (Å²) >= 11 is 0.954. The number of amides is 1. The van der Waals surface area contributed by atoms with Crippen LogP contribution in [-0.2, 0) is 17.4 Å². The highest BCUT2D eigenvalue weighted by atomic mass is 32.1. The molecule has 2 aromatic rings. The Labute approximate surface area is 170 Å². The topological polar surface area (TPSA) is 78.4 Å². The molecule has 0 spiro atoms. The van der Waals surface area contributed by atoms with Crippen molar-refractivity contribution >= 4 is 28.9 Å². The molecular formula is C19H20F3N5OS. The zero-order valence-corrected chi connectivity index (χ0v) is 16.5. The molecule has 0 bridgehead atoms. The normalized spacial score (nSPS) is 11.6. The van der Waals surface area contributed by atoms with Gasteiger partial charge < -0.3 is 16.0 Å². The summed E-state index contributed by atoms with van der Waals surface area (Å²) in [6.07, 6.45) is 1.19. The number of aliphatic imine (C=N–C) groups is 1. The average molecular weight is 423 g/mol. The van der Waals surface area contributed by atoms with Gasteiger partial charge in [-0.05, 0) is 25.1 Å². The van der Waals surface area contributed by atoms with Crippen molar-refractivity contribution in [2.75, 3.05) is 25.0 Å². The fourth-order valence-corrected chi connectivity index (χ4v) is 3.03. The number of halogens is 3. The number of carbonyl (C=O) groups is 1. The Bertz CT molecular complexity index is 902. The largest absolute Gasteiger partial charge is 0.434 e. The summed E-state index contributed by atoms with van der Waals surface area (Å²) in [5.74, 6) is 2.54. The Balaban J connectivity index is 1.86. The van der Waals surface area contributed by atoms with Crippen molar-refractivity contribution in [3.63, 3.8) is 0 Å². The number of nitrogens with zero attached hydrogens (tertiary/aromatic N) is 2. The molecule has 0 fully saturated rings. The molecule has 0 aliphatic carbocycles. The van der Waals surface area contributed by atoms with E-state index in [1.165, 1.54) is 0 Å². The first-order chi connectivity index (χ1) is 13.8. The first-order valence-electron chi connectivity index (χ1n) is 8.72. The van der Waals surface area contributed by atoms with Crippen LogP contribution >= 0.6 is 11.3 Å². The van der Waals surface area contributed by atoms with Gasteiger partial charge in [0.15, 0.2) is 11.7 Å². The van der Waals surface area contributed by atoms with Gasteiger partial charge in [0, 0.05) is 36.1 Å². The van der Waals surface area contributed by atoms with E-state index in [0.717, 1.165) is 16.7 Å². The predicted molar refractivity (Wildman–Crippen MR) is 108 cm³/mol. The molecule has 6 nitrogen and oxygen atoms in total. The Hall–Kier alpha value is -3.06. The van der Waals surface area contributed by atoms with Gasteiger partial charge in [0.05, 0.1) is 5.01 Å². The number of guanidine groups is 1. The number of benzene rings is 1. The molecule has 29 heavy (non-hydrogen) atoms. The second-order valence-electron chi connectivity index (χ2n) is 5.77. The molecule has 1 aromatic heterocycles. The van der Waals surface area contributed by atoms with Crippen molar-refractivity contribution in [2.24, 2.45) is 4.99 Å². The number of hydrogen-bond donors (Lipinski definition) is 3. The van der Waals surface area contributed by atoms with Crippen LogP contribution in [-0.4, -0.2) is 36.5 Å². The number of carbonyl (C=O) groups excluding carboxylic acids is 1. The monoisotopic (exact) mass is 423 g/mol. The van der Waals surface area contributed by atoms with E-state index in [4.69, 9.17) is 6.42 Å². The molecule has 0 radical (unpaired) electrons. The van der Waals surface area contributed by atoms with Crippen LogP contribution in [0.25, 0.3) is 0 Å². The third-order valence-electron chi connectivity index (χ3n) is 3.51. The van der Waals surface area contributed by atoms with Crippen LogP contribution in [0.1, 0.15) is 23.2 Å². The Morgan fingerprint density at radius 1 is 1.34 bits per heavy atom. The van der Waals surface area contributed by atoms with Crippen LogP contribution < -0.4 is 16.0 Å². The minimum atomic E-state index is -4.44. The third-order valence-corrected chi connectivity index (χ3v) is 4.42. The maximum atomic E-state index is 12.6. The first kappa shape index (κ1) is 22.2. The lowest BCUT2D eigenvalue weighted by molar-refractivity contribution is -0.140. The summed E-state index contributed by atoms with van der Waals surface area (Å²) in [5, 5.41) is 10.0. The first-order valence-corrected chi connectivity index (χ1v) is 9.60. The van der Waals surface area contributed by atoms with Crippen molar-refractivity contribution in [1.82, 2.24) is 15.6 Å². The van der Waals surface area contributed by atoms with E-state index in [1.807, 2.05) is 6.92 Å². The molecule has 154 valence electrons. The van der Waals surface area contributed by atoms with Gasteiger partial charge in [-0.1, -0.05) is 12.0 Å². The Kier molecular flexibility index (Phi) is 8.03. The van der Waals surface area contributed by atoms with Gasteiger partial charge in [0.25, 0.3) is 0 Å². The van der Waals surface area contributed by atoms with Crippen molar-refractivity contribution in [3.8, 4) is 12.3 Å². The van der Waals surface area contributed by atoms with Gasteiger partial charge in [0.1, 0.15) is 6.54 Å². The van der Waals surface area contributed by atoms with E-state index < -0.39 is 11.9 Å². The van der Waals surface area contributed by atoms with E-state index in [2.05, 4.69) is 31.8 Å². The summed E-state index contributed by atoms with van der Waals surface area (Å²) in [5.41, 5.74) is 0.337. The number of rotatable bonds is 7. The number of thiazole rings is 1. The predicted octanol–water partition coefficient (Wildman–Crippen LogP) is 2.88. The SMILES string of the molecule is C#Cc1cccc(NC(=O)CN=C(NCC)NCCc2nc(C(F)(F)F)cs2)c1.